The maximum Gasteiger partial charge on any atom is 0.329 e. The number of amidine groups is 1. The highest BCUT2D eigenvalue weighted by Crippen LogP contribution is 2.30. The predicted molar refractivity (Wildman–Crippen MR) is 121 cm³/mol. The van der Waals surface area contributed by atoms with E-state index in [1.807, 2.05) is 35.5 Å². The van der Waals surface area contributed by atoms with E-state index in [4.69, 9.17) is 4.99 Å². The summed E-state index contributed by atoms with van der Waals surface area (Å²) in [5, 5.41) is 7.55. The van der Waals surface area contributed by atoms with Gasteiger partial charge >= 0.3 is 6.03 Å². The van der Waals surface area contributed by atoms with Gasteiger partial charge in [0.2, 0.25) is 0 Å². The number of carbonyl (C=O) groups excluding carboxylic acids is 1. The van der Waals surface area contributed by atoms with Crippen LogP contribution in [-0.4, -0.2) is 56.0 Å². The summed E-state index contributed by atoms with van der Waals surface area (Å²) in [7, 11) is 0. The third-order valence-electron chi connectivity index (χ3n) is 6.40. The molecule has 0 bridgehead atoms. The van der Waals surface area contributed by atoms with Crippen LogP contribution in [0, 0.1) is 17.7 Å². The lowest BCUT2D eigenvalue weighted by atomic mass is 9.96. The summed E-state index contributed by atoms with van der Waals surface area (Å²) in [5.74, 6) is 2.21. The van der Waals surface area contributed by atoms with E-state index in [0.717, 1.165) is 30.2 Å². The van der Waals surface area contributed by atoms with Crippen LogP contribution in [0.25, 0.3) is 5.65 Å². The van der Waals surface area contributed by atoms with Gasteiger partial charge in [-0.1, -0.05) is 13.0 Å². The van der Waals surface area contributed by atoms with E-state index in [0.29, 0.717) is 30.8 Å². The lowest BCUT2D eigenvalue weighted by Gasteiger charge is -2.28. The average molecular weight is 446 g/mol. The first-order valence-corrected chi connectivity index (χ1v) is 11.0. The van der Waals surface area contributed by atoms with Gasteiger partial charge in [-0.25, -0.2) is 23.7 Å². The topological polar surface area (TPSA) is 81.4 Å². The Hall–Kier alpha value is -3.79. The number of amides is 2. The molecule has 6 rings (SSSR count). The van der Waals surface area contributed by atoms with Crippen molar-refractivity contribution in [3.8, 4) is 0 Å². The summed E-state index contributed by atoms with van der Waals surface area (Å²) in [6, 6.07) is 11.8. The molecule has 0 radical (unpaired) electrons. The van der Waals surface area contributed by atoms with Gasteiger partial charge in [0.05, 0.1) is 6.54 Å². The zero-order valence-corrected chi connectivity index (χ0v) is 18.1. The number of anilines is 1. The van der Waals surface area contributed by atoms with Crippen LogP contribution in [0.5, 0.6) is 0 Å². The van der Waals surface area contributed by atoms with Crippen molar-refractivity contribution in [1.82, 2.24) is 29.7 Å². The first-order valence-electron chi connectivity index (χ1n) is 11.0. The molecule has 1 N–H and O–H groups in total. The van der Waals surface area contributed by atoms with E-state index in [1.54, 1.807) is 21.5 Å². The largest absolute Gasteiger partial charge is 0.329 e. The number of nitrogens with zero attached hydrogens (tertiary/aromatic N) is 7. The molecule has 0 aliphatic carbocycles. The Bertz CT molecular complexity index is 1250. The molecule has 2 aromatic heterocycles. The van der Waals surface area contributed by atoms with Crippen molar-refractivity contribution in [1.29, 1.82) is 0 Å². The molecule has 33 heavy (non-hydrogen) atoms. The second kappa shape index (κ2) is 7.66. The van der Waals surface area contributed by atoms with Crippen LogP contribution in [0.3, 0.4) is 0 Å². The maximum absolute atomic E-state index is 13.3. The number of fused-ring (bicyclic) bond motifs is 2. The zero-order valence-electron chi connectivity index (χ0n) is 18.1. The first-order chi connectivity index (χ1) is 16.0. The molecule has 10 heteroatoms. The van der Waals surface area contributed by atoms with Gasteiger partial charge in [-0.3, -0.25) is 15.1 Å². The Morgan fingerprint density at radius 1 is 1.15 bits per heavy atom. The van der Waals surface area contributed by atoms with E-state index in [-0.39, 0.29) is 17.8 Å². The van der Waals surface area contributed by atoms with Crippen molar-refractivity contribution in [3.05, 3.63) is 72.3 Å². The summed E-state index contributed by atoms with van der Waals surface area (Å²) in [6.07, 6.45) is 3.73. The number of hydrogen-bond donors (Lipinski definition) is 1. The number of benzene rings is 1. The van der Waals surface area contributed by atoms with Crippen LogP contribution in [0.15, 0.2) is 65.7 Å². The van der Waals surface area contributed by atoms with Gasteiger partial charge in [-0.05, 0) is 42.3 Å². The normalized spacial score (nSPS) is 23.0. The molecule has 2 atom stereocenters. The molecule has 0 saturated carbocycles. The molecule has 0 spiro atoms. The quantitative estimate of drug-likeness (QED) is 0.667. The van der Waals surface area contributed by atoms with Gasteiger partial charge in [0.1, 0.15) is 18.3 Å². The van der Waals surface area contributed by atoms with Crippen LogP contribution < -0.4 is 10.2 Å². The monoisotopic (exact) mass is 446 g/mol. The summed E-state index contributed by atoms with van der Waals surface area (Å²) in [4.78, 5) is 28.0. The number of aromatic nitrogens is 3. The smallest absolute Gasteiger partial charge is 0.326 e. The van der Waals surface area contributed by atoms with Crippen LogP contribution >= 0.6 is 0 Å². The second-order valence-electron chi connectivity index (χ2n) is 8.74. The Morgan fingerprint density at radius 3 is 2.82 bits per heavy atom. The summed E-state index contributed by atoms with van der Waals surface area (Å²) >= 11 is 0. The zero-order chi connectivity index (χ0) is 22.5. The van der Waals surface area contributed by atoms with Gasteiger partial charge in [-0.15, -0.1) is 5.10 Å². The fraction of sp³-hybridized carbons (Fsp3) is 0.304. The highest BCUT2D eigenvalue weighted by molar-refractivity contribution is 6.02. The summed E-state index contributed by atoms with van der Waals surface area (Å²) in [6.45, 7) is 4.81. The first kappa shape index (κ1) is 19.9. The molecule has 1 saturated heterocycles. The van der Waals surface area contributed by atoms with E-state index in [2.05, 4.69) is 27.2 Å². The molecule has 9 nitrogen and oxygen atoms in total. The third-order valence-corrected chi connectivity index (χ3v) is 6.40. The number of aliphatic imine (C=N–C) groups is 1. The van der Waals surface area contributed by atoms with Gasteiger partial charge in [0, 0.05) is 37.1 Å². The van der Waals surface area contributed by atoms with Crippen molar-refractivity contribution in [2.24, 2.45) is 16.8 Å². The SMILES string of the molecule is CC1CN(Cc2nc3ccccn3n2)CC1C1=NC2=CN(c3ccc(F)cc3)CN2C(=O)N1. The van der Waals surface area contributed by atoms with E-state index < -0.39 is 0 Å². The molecular formula is C23H23FN8O. The van der Waals surface area contributed by atoms with Gasteiger partial charge in [-0.2, -0.15) is 0 Å². The molecule has 2 unspecified atom stereocenters. The molecule has 1 aromatic carbocycles. The molecule has 3 aromatic rings. The summed E-state index contributed by atoms with van der Waals surface area (Å²) in [5.41, 5.74) is 1.64. The van der Waals surface area contributed by atoms with Crippen molar-refractivity contribution in [3.63, 3.8) is 0 Å². The van der Waals surface area contributed by atoms with Gasteiger partial charge < -0.3 is 4.90 Å². The Balaban J connectivity index is 1.19. The highest BCUT2D eigenvalue weighted by atomic mass is 19.1. The lowest BCUT2D eigenvalue weighted by molar-refractivity contribution is 0.216. The van der Waals surface area contributed by atoms with Crippen LogP contribution in [0.2, 0.25) is 0 Å². The van der Waals surface area contributed by atoms with E-state index >= 15 is 0 Å². The van der Waals surface area contributed by atoms with E-state index in [1.165, 1.54) is 12.1 Å². The van der Waals surface area contributed by atoms with Crippen molar-refractivity contribution in [2.45, 2.75) is 13.5 Å². The number of nitrogens with one attached hydrogen (secondary N) is 1. The maximum atomic E-state index is 13.3. The lowest BCUT2D eigenvalue weighted by Crippen LogP contribution is -2.49. The third kappa shape index (κ3) is 3.62. The van der Waals surface area contributed by atoms with Gasteiger partial charge in [0.25, 0.3) is 0 Å². The fourth-order valence-corrected chi connectivity index (χ4v) is 4.72. The predicted octanol–water partition coefficient (Wildman–Crippen LogP) is 2.64. The van der Waals surface area contributed by atoms with Crippen molar-refractivity contribution < 1.29 is 9.18 Å². The van der Waals surface area contributed by atoms with Crippen molar-refractivity contribution in [2.75, 3.05) is 24.7 Å². The number of rotatable bonds is 4. The Labute approximate surface area is 189 Å². The number of halogens is 1. The minimum atomic E-state index is -0.292. The van der Waals surface area contributed by atoms with Crippen LogP contribution in [0.4, 0.5) is 14.9 Å². The fourth-order valence-electron chi connectivity index (χ4n) is 4.72. The number of carbonyl (C=O) groups is 1. The standard InChI is InChI=1S/C23H23FN8O/c1-15-10-29(12-19-25-20-4-2-3-9-32(20)28-19)11-18(15)22-26-21-13-30(14-31(21)23(33)27-22)17-7-5-16(24)6-8-17/h2-9,13,15,18H,10-12,14H2,1H3,(H,26,27,33). The molecule has 1 fully saturated rings. The van der Waals surface area contributed by atoms with E-state index in [9.17, 15) is 9.18 Å². The number of likely N-dealkylation sites (tertiary alicyclic amines) is 1. The summed E-state index contributed by atoms with van der Waals surface area (Å²) < 4.78 is 15.1. The number of hydrogen-bond acceptors (Lipinski definition) is 6. The van der Waals surface area contributed by atoms with Crippen LogP contribution in [0.1, 0.15) is 12.7 Å². The highest BCUT2D eigenvalue weighted by Gasteiger charge is 2.39. The molecular weight excluding hydrogens is 423 g/mol. The molecule has 2 amide bonds. The minimum absolute atomic E-state index is 0.105. The Morgan fingerprint density at radius 2 is 2.00 bits per heavy atom. The molecule has 168 valence electrons. The number of urea groups is 1. The molecule has 3 aliphatic rings. The second-order valence-corrected chi connectivity index (χ2v) is 8.74. The van der Waals surface area contributed by atoms with Crippen LogP contribution in [-0.2, 0) is 6.54 Å². The Kier molecular flexibility index (Phi) is 4.61. The van der Waals surface area contributed by atoms with Crippen molar-refractivity contribution >= 4 is 23.2 Å². The molecule has 5 heterocycles. The minimum Gasteiger partial charge on any atom is -0.326 e. The average Bonchev–Trinajstić information content (AvgIpc) is 3.50. The van der Waals surface area contributed by atoms with Gasteiger partial charge in [0.15, 0.2) is 17.3 Å². The number of pyridine rings is 1. The molecule has 3 aliphatic heterocycles.